The number of likely N-dealkylation sites (tertiary alicyclic amines) is 1. The van der Waals surface area contributed by atoms with Gasteiger partial charge in [0.2, 0.25) is 0 Å². The number of aryl methyl sites for hydroxylation is 1. The number of aliphatic hydroxyl groups is 1. The fourth-order valence-corrected chi connectivity index (χ4v) is 3.05. The quantitative estimate of drug-likeness (QED) is 0.855. The van der Waals surface area contributed by atoms with E-state index in [2.05, 4.69) is 22.0 Å². The summed E-state index contributed by atoms with van der Waals surface area (Å²) in [5.74, 6) is 0. The van der Waals surface area contributed by atoms with Gasteiger partial charge in [-0.3, -0.25) is 9.88 Å². The summed E-state index contributed by atoms with van der Waals surface area (Å²) in [5, 5.41) is 9.80. The van der Waals surface area contributed by atoms with Crippen LogP contribution in [0, 0.1) is 6.92 Å². The molecule has 0 bridgehead atoms. The van der Waals surface area contributed by atoms with Crippen molar-refractivity contribution in [2.75, 3.05) is 18.8 Å². The van der Waals surface area contributed by atoms with Crippen LogP contribution in [0.4, 0.5) is 5.69 Å². The summed E-state index contributed by atoms with van der Waals surface area (Å²) in [6, 6.07) is 10.3. The van der Waals surface area contributed by atoms with Crippen LogP contribution in [0.3, 0.4) is 0 Å². The van der Waals surface area contributed by atoms with E-state index in [1.54, 1.807) is 0 Å². The lowest BCUT2D eigenvalue weighted by atomic mass is 10.0. The van der Waals surface area contributed by atoms with Gasteiger partial charge in [0.25, 0.3) is 0 Å². The zero-order chi connectivity index (χ0) is 15.5. The Bertz CT molecular complexity index is 639. The minimum Gasteiger partial charge on any atom is -0.399 e. The number of benzene rings is 1. The van der Waals surface area contributed by atoms with Crippen molar-refractivity contribution >= 4 is 5.69 Å². The Morgan fingerprint density at radius 3 is 2.86 bits per heavy atom. The summed E-state index contributed by atoms with van der Waals surface area (Å²) in [6.45, 7) is 4.59. The Balaban J connectivity index is 1.82. The molecule has 116 valence electrons. The number of nitrogen functional groups attached to an aromatic ring is 1. The summed E-state index contributed by atoms with van der Waals surface area (Å²) >= 11 is 0. The maximum Gasteiger partial charge on any atom is 0.0667 e. The monoisotopic (exact) mass is 297 g/mol. The zero-order valence-corrected chi connectivity index (χ0v) is 13.0. The fourth-order valence-electron chi connectivity index (χ4n) is 3.05. The molecule has 1 aromatic carbocycles. The van der Waals surface area contributed by atoms with E-state index in [-0.39, 0.29) is 6.10 Å². The standard InChI is InChI=1S/C18H23N3O/c1-13-4-5-15(10-20-13)16-7-14(8-17(19)9-16)11-21-6-2-3-18(22)12-21/h4-5,7-10,18,22H,2-3,6,11-12,19H2,1H3/t18-/m0/s1. The first kappa shape index (κ1) is 15.0. The van der Waals surface area contributed by atoms with Crippen molar-refractivity contribution in [3.63, 3.8) is 0 Å². The van der Waals surface area contributed by atoms with Crippen molar-refractivity contribution in [3.05, 3.63) is 47.8 Å². The molecule has 2 aromatic rings. The number of anilines is 1. The summed E-state index contributed by atoms with van der Waals surface area (Å²) < 4.78 is 0. The first-order chi connectivity index (χ1) is 10.6. The molecule has 4 heteroatoms. The van der Waals surface area contributed by atoms with Crippen LogP contribution in [0.5, 0.6) is 0 Å². The highest BCUT2D eigenvalue weighted by molar-refractivity contribution is 5.67. The van der Waals surface area contributed by atoms with Crippen LogP contribution in [-0.2, 0) is 6.54 Å². The number of aromatic nitrogens is 1. The highest BCUT2D eigenvalue weighted by Crippen LogP contribution is 2.24. The maximum absolute atomic E-state index is 9.80. The number of rotatable bonds is 3. The highest BCUT2D eigenvalue weighted by Gasteiger charge is 2.17. The largest absolute Gasteiger partial charge is 0.399 e. The highest BCUT2D eigenvalue weighted by atomic mass is 16.3. The minimum absolute atomic E-state index is 0.199. The van der Waals surface area contributed by atoms with E-state index in [0.717, 1.165) is 55.0 Å². The average molecular weight is 297 g/mol. The molecule has 1 fully saturated rings. The van der Waals surface area contributed by atoms with Crippen LogP contribution < -0.4 is 5.73 Å². The Hall–Kier alpha value is -1.91. The molecule has 2 heterocycles. The molecule has 3 N–H and O–H groups in total. The summed E-state index contributed by atoms with van der Waals surface area (Å²) in [4.78, 5) is 6.65. The van der Waals surface area contributed by atoms with Crippen LogP contribution in [0.2, 0.25) is 0 Å². The number of piperidine rings is 1. The lowest BCUT2D eigenvalue weighted by molar-refractivity contribution is 0.0668. The molecule has 1 atom stereocenters. The molecule has 4 nitrogen and oxygen atoms in total. The van der Waals surface area contributed by atoms with Crippen molar-refractivity contribution in [3.8, 4) is 11.1 Å². The molecule has 0 saturated carbocycles. The SMILES string of the molecule is Cc1ccc(-c2cc(N)cc(CN3CCC[C@H](O)C3)c2)cn1. The Labute approximate surface area is 131 Å². The Kier molecular flexibility index (Phi) is 4.41. The van der Waals surface area contributed by atoms with Gasteiger partial charge >= 0.3 is 0 Å². The third-order valence-electron chi connectivity index (χ3n) is 4.15. The van der Waals surface area contributed by atoms with E-state index in [4.69, 9.17) is 5.73 Å². The number of nitrogens with zero attached hydrogens (tertiary/aromatic N) is 2. The van der Waals surface area contributed by atoms with Crippen LogP contribution in [0.1, 0.15) is 24.1 Å². The molecular formula is C18H23N3O. The van der Waals surface area contributed by atoms with E-state index in [9.17, 15) is 5.11 Å². The predicted molar refractivity (Wildman–Crippen MR) is 89.3 cm³/mol. The van der Waals surface area contributed by atoms with Crippen LogP contribution in [0.15, 0.2) is 36.5 Å². The van der Waals surface area contributed by atoms with E-state index < -0.39 is 0 Å². The number of nitrogens with two attached hydrogens (primary N) is 1. The van der Waals surface area contributed by atoms with Gasteiger partial charge in [-0.2, -0.15) is 0 Å². The number of aliphatic hydroxyl groups excluding tert-OH is 1. The fraction of sp³-hybridized carbons (Fsp3) is 0.389. The number of β-amino-alcohol motifs (C(OH)–C–C–N with tert-alkyl or cyclic N) is 1. The van der Waals surface area contributed by atoms with Crippen molar-refractivity contribution in [1.82, 2.24) is 9.88 Å². The first-order valence-corrected chi connectivity index (χ1v) is 7.83. The van der Waals surface area contributed by atoms with Gasteiger partial charge in [-0.1, -0.05) is 6.07 Å². The molecule has 1 aromatic heterocycles. The van der Waals surface area contributed by atoms with E-state index in [1.807, 2.05) is 31.3 Å². The van der Waals surface area contributed by atoms with Crippen molar-refractivity contribution in [1.29, 1.82) is 0 Å². The van der Waals surface area contributed by atoms with Gasteiger partial charge in [0.1, 0.15) is 0 Å². The van der Waals surface area contributed by atoms with E-state index in [0.29, 0.717) is 0 Å². The molecule has 1 saturated heterocycles. The van der Waals surface area contributed by atoms with Crippen LogP contribution >= 0.6 is 0 Å². The number of pyridine rings is 1. The lowest BCUT2D eigenvalue weighted by Crippen LogP contribution is -2.37. The molecule has 0 spiro atoms. The van der Waals surface area contributed by atoms with Crippen LogP contribution in [-0.4, -0.2) is 34.2 Å². The third kappa shape index (κ3) is 3.64. The second-order valence-electron chi connectivity index (χ2n) is 6.18. The average Bonchev–Trinajstić information content (AvgIpc) is 2.47. The van der Waals surface area contributed by atoms with Gasteiger partial charge in [-0.15, -0.1) is 0 Å². The van der Waals surface area contributed by atoms with Crippen molar-refractivity contribution in [2.45, 2.75) is 32.4 Å². The minimum atomic E-state index is -0.199. The summed E-state index contributed by atoms with van der Waals surface area (Å²) in [7, 11) is 0. The van der Waals surface area contributed by atoms with Gasteiger partial charge in [0.15, 0.2) is 0 Å². The topological polar surface area (TPSA) is 62.4 Å². The molecule has 1 aliphatic rings. The smallest absolute Gasteiger partial charge is 0.0667 e. The molecule has 0 radical (unpaired) electrons. The molecular weight excluding hydrogens is 274 g/mol. The van der Waals surface area contributed by atoms with Gasteiger partial charge in [0.05, 0.1) is 6.10 Å². The van der Waals surface area contributed by atoms with Gasteiger partial charge in [-0.25, -0.2) is 0 Å². The Morgan fingerprint density at radius 1 is 1.27 bits per heavy atom. The van der Waals surface area contributed by atoms with Crippen molar-refractivity contribution in [2.24, 2.45) is 0 Å². The van der Waals surface area contributed by atoms with E-state index >= 15 is 0 Å². The third-order valence-corrected chi connectivity index (χ3v) is 4.15. The van der Waals surface area contributed by atoms with E-state index in [1.165, 1.54) is 5.56 Å². The maximum atomic E-state index is 9.80. The molecule has 22 heavy (non-hydrogen) atoms. The van der Waals surface area contributed by atoms with Crippen molar-refractivity contribution < 1.29 is 5.11 Å². The molecule has 0 amide bonds. The molecule has 0 aliphatic carbocycles. The molecule has 0 unspecified atom stereocenters. The summed E-state index contributed by atoms with van der Waals surface area (Å²) in [5.41, 5.74) is 11.2. The normalized spacial score (nSPS) is 19.3. The zero-order valence-electron chi connectivity index (χ0n) is 13.0. The second-order valence-corrected chi connectivity index (χ2v) is 6.18. The second kappa shape index (κ2) is 6.46. The first-order valence-electron chi connectivity index (χ1n) is 7.83. The van der Waals surface area contributed by atoms with Crippen LogP contribution in [0.25, 0.3) is 11.1 Å². The Morgan fingerprint density at radius 2 is 2.14 bits per heavy atom. The molecule has 1 aliphatic heterocycles. The number of hydrogen-bond donors (Lipinski definition) is 2. The number of hydrogen-bond acceptors (Lipinski definition) is 4. The van der Waals surface area contributed by atoms with Gasteiger partial charge < -0.3 is 10.8 Å². The van der Waals surface area contributed by atoms with Gasteiger partial charge in [0, 0.05) is 36.2 Å². The predicted octanol–water partition coefficient (Wildman–Crippen LogP) is 2.60. The van der Waals surface area contributed by atoms with Gasteiger partial charge in [-0.05, 0) is 61.7 Å². The summed E-state index contributed by atoms with van der Waals surface area (Å²) in [6.07, 6.45) is 3.65. The molecule has 3 rings (SSSR count). The lowest BCUT2D eigenvalue weighted by Gasteiger charge is -2.30.